The Morgan fingerprint density at radius 3 is 2.57 bits per heavy atom. The number of hydrogen-bond donors (Lipinski definition) is 3. The molecule has 5 heteroatoms. The molecule has 21 heavy (non-hydrogen) atoms. The van der Waals surface area contributed by atoms with E-state index in [-0.39, 0.29) is 17.4 Å². The molecular formula is C16H14N2O3. The van der Waals surface area contributed by atoms with Crippen LogP contribution in [0.2, 0.25) is 0 Å². The average molecular weight is 282 g/mol. The number of fused-ring (bicyclic) bond motifs is 1. The molecule has 1 heterocycles. The maximum Gasteiger partial charge on any atom is 0.335 e. The van der Waals surface area contributed by atoms with Crippen molar-refractivity contribution in [3.8, 4) is 0 Å². The second-order valence-corrected chi connectivity index (χ2v) is 4.90. The second-order valence-electron chi connectivity index (χ2n) is 4.90. The van der Waals surface area contributed by atoms with Gasteiger partial charge in [0.15, 0.2) is 0 Å². The van der Waals surface area contributed by atoms with Crippen LogP contribution in [0.4, 0.5) is 11.4 Å². The number of carboxylic acids is 1. The molecule has 1 aliphatic heterocycles. The van der Waals surface area contributed by atoms with E-state index in [0.717, 1.165) is 11.3 Å². The highest BCUT2D eigenvalue weighted by atomic mass is 16.4. The monoisotopic (exact) mass is 282 g/mol. The van der Waals surface area contributed by atoms with E-state index >= 15 is 0 Å². The van der Waals surface area contributed by atoms with Gasteiger partial charge in [-0.05, 0) is 23.8 Å². The fourth-order valence-electron chi connectivity index (χ4n) is 2.41. The first-order chi connectivity index (χ1) is 10.1. The number of amides is 1. The molecule has 0 fully saturated rings. The number of carbonyl (C=O) groups is 2. The van der Waals surface area contributed by atoms with Gasteiger partial charge in [0.2, 0.25) is 5.91 Å². The smallest absolute Gasteiger partial charge is 0.335 e. The highest BCUT2D eigenvalue weighted by Crippen LogP contribution is 2.29. The lowest BCUT2D eigenvalue weighted by Gasteiger charge is -2.13. The zero-order chi connectivity index (χ0) is 14.8. The number of carbonyl (C=O) groups excluding carboxylic acids is 1. The maximum absolute atomic E-state index is 12.4. The van der Waals surface area contributed by atoms with Crippen molar-refractivity contribution in [1.82, 2.24) is 0 Å². The molecule has 3 N–H and O–H groups in total. The summed E-state index contributed by atoms with van der Waals surface area (Å²) >= 11 is 0. The maximum atomic E-state index is 12.4. The second kappa shape index (κ2) is 5.28. The summed E-state index contributed by atoms with van der Waals surface area (Å²) in [6.07, 6.45) is 0. The minimum absolute atomic E-state index is 0.144. The van der Waals surface area contributed by atoms with Crippen LogP contribution >= 0.6 is 0 Å². The molecule has 1 aliphatic rings. The highest BCUT2D eigenvalue weighted by Gasteiger charge is 2.25. The van der Waals surface area contributed by atoms with Crippen molar-refractivity contribution in [2.45, 2.75) is 5.92 Å². The normalized spacial score (nSPS) is 17.1. The molecule has 106 valence electrons. The molecule has 0 bridgehead atoms. The first-order valence-electron chi connectivity index (χ1n) is 6.62. The minimum atomic E-state index is -1.02. The summed E-state index contributed by atoms with van der Waals surface area (Å²) < 4.78 is 0. The van der Waals surface area contributed by atoms with Crippen LogP contribution in [-0.2, 0) is 4.79 Å². The summed E-state index contributed by atoms with van der Waals surface area (Å²) in [4.78, 5) is 23.4. The van der Waals surface area contributed by atoms with E-state index in [1.807, 2.05) is 30.3 Å². The van der Waals surface area contributed by atoms with E-state index in [1.54, 1.807) is 6.07 Å². The van der Waals surface area contributed by atoms with Crippen molar-refractivity contribution in [3.05, 3.63) is 59.7 Å². The van der Waals surface area contributed by atoms with E-state index in [0.29, 0.717) is 12.2 Å². The van der Waals surface area contributed by atoms with Crippen molar-refractivity contribution >= 4 is 23.3 Å². The van der Waals surface area contributed by atoms with Gasteiger partial charge in [-0.2, -0.15) is 0 Å². The summed E-state index contributed by atoms with van der Waals surface area (Å²) in [7, 11) is 0. The van der Waals surface area contributed by atoms with Gasteiger partial charge >= 0.3 is 5.97 Å². The molecule has 2 aromatic rings. The van der Waals surface area contributed by atoms with E-state index < -0.39 is 5.97 Å². The highest BCUT2D eigenvalue weighted by molar-refractivity contribution is 6.02. The van der Waals surface area contributed by atoms with Gasteiger partial charge in [-0.3, -0.25) is 4.79 Å². The van der Waals surface area contributed by atoms with Gasteiger partial charge in [-0.15, -0.1) is 0 Å². The Hall–Kier alpha value is -2.82. The zero-order valence-electron chi connectivity index (χ0n) is 11.2. The molecule has 2 aromatic carbocycles. The van der Waals surface area contributed by atoms with Gasteiger partial charge in [-0.1, -0.05) is 30.3 Å². The molecule has 0 radical (unpaired) electrons. The lowest BCUT2D eigenvalue weighted by molar-refractivity contribution is -0.117. The van der Waals surface area contributed by atoms with E-state index in [9.17, 15) is 9.59 Å². The minimum Gasteiger partial charge on any atom is -0.478 e. The van der Waals surface area contributed by atoms with Gasteiger partial charge in [0.1, 0.15) is 0 Å². The fraction of sp³-hybridized carbons (Fsp3) is 0.125. The van der Waals surface area contributed by atoms with Crippen molar-refractivity contribution < 1.29 is 14.7 Å². The number of hydrogen-bond acceptors (Lipinski definition) is 3. The van der Waals surface area contributed by atoms with Gasteiger partial charge in [0.05, 0.1) is 22.9 Å². The van der Waals surface area contributed by atoms with Crippen molar-refractivity contribution in [2.75, 3.05) is 17.2 Å². The number of carboxylic acid groups (broad SMARTS) is 1. The number of nitrogens with one attached hydrogen (secondary N) is 2. The largest absolute Gasteiger partial charge is 0.478 e. The zero-order valence-corrected chi connectivity index (χ0v) is 11.2. The van der Waals surface area contributed by atoms with Crippen LogP contribution in [0.3, 0.4) is 0 Å². The Morgan fingerprint density at radius 2 is 1.86 bits per heavy atom. The van der Waals surface area contributed by atoms with Crippen molar-refractivity contribution in [2.24, 2.45) is 0 Å². The molecule has 3 rings (SSSR count). The number of benzene rings is 2. The fourth-order valence-corrected chi connectivity index (χ4v) is 2.41. The third kappa shape index (κ3) is 2.58. The first kappa shape index (κ1) is 13.2. The Kier molecular flexibility index (Phi) is 3.31. The molecule has 0 aliphatic carbocycles. The molecule has 1 amide bonds. The Morgan fingerprint density at radius 1 is 1.10 bits per heavy atom. The van der Waals surface area contributed by atoms with E-state index in [2.05, 4.69) is 10.6 Å². The SMILES string of the molecule is O=C(O)c1ccc2c(c1)NC(=O)C(c1ccccc1)CN2. The molecule has 0 saturated carbocycles. The molecule has 0 spiro atoms. The van der Waals surface area contributed by atoms with Crippen molar-refractivity contribution in [3.63, 3.8) is 0 Å². The standard InChI is InChI=1S/C16H14N2O3/c19-15-12(10-4-2-1-3-5-10)9-17-13-7-6-11(16(20)21)8-14(13)18-15/h1-8,12,17H,9H2,(H,18,19)(H,20,21). The van der Waals surface area contributed by atoms with Gasteiger partial charge < -0.3 is 15.7 Å². The summed E-state index contributed by atoms with van der Waals surface area (Å²) in [6.45, 7) is 0.468. The van der Waals surface area contributed by atoms with Crippen LogP contribution in [0.15, 0.2) is 48.5 Å². The predicted octanol–water partition coefficient (Wildman–Crippen LogP) is 2.53. The molecule has 0 aromatic heterocycles. The molecular weight excluding hydrogens is 268 g/mol. The van der Waals surface area contributed by atoms with Crippen LogP contribution in [-0.4, -0.2) is 23.5 Å². The lowest BCUT2D eigenvalue weighted by Crippen LogP contribution is -2.23. The summed E-state index contributed by atoms with van der Waals surface area (Å²) in [5.74, 6) is -1.47. The topological polar surface area (TPSA) is 78.4 Å². The van der Waals surface area contributed by atoms with Crippen LogP contribution < -0.4 is 10.6 Å². The van der Waals surface area contributed by atoms with Crippen LogP contribution in [0.25, 0.3) is 0 Å². The Bertz CT molecular complexity index is 698. The third-order valence-corrected chi connectivity index (χ3v) is 3.54. The third-order valence-electron chi connectivity index (χ3n) is 3.54. The molecule has 1 atom stereocenters. The number of aromatic carboxylic acids is 1. The predicted molar refractivity (Wildman–Crippen MR) is 79.7 cm³/mol. The van der Waals surface area contributed by atoms with Crippen LogP contribution in [0.5, 0.6) is 0 Å². The Labute approximate surface area is 121 Å². The van der Waals surface area contributed by atoms with Crippen LogP contribution in [0.1, 0.15) is 21.8 Å². The van der Waals surface area contributed by atoms with Crippen LogP contribution in [0, 0.1) is 0 Å². The summed E-state index contributed by atoms with van der Waals surface area (Å²) in [5, 5.41) is 15.0. The van der Waals surface area contributed by atoms with Gasteiger partial charge in [-0.25, -0.2) is 4.79 Å². The summed E-state index contributed by atoms with van der Waals surface area (Å²) in [5.41, 5.74) is 2.30. The Balaban J connectivity index is 1.92. The number of rotatable bonds is 2. The average Bonchev–Trinajstić information content (AvgIpc) is 2.65. The lowest BCUT2D eigenvalue weighted by atomic mass is 9.98. The van der Waals surface area contributed by atoms with Gasteiger partial charge in [0.25, 0.3) is 0 Å². The first-order valence-corrected chi connectivity index (χ1v) is 6.62. The van der Waals surface area contributed by atoms with Gasteiger partial charge in [0, 0.05) is 6.54 Å². The van der Waals surface area contributed by atoms with Crippen molar-refractivity contribution in [1.29, 1.82) is 0 Å². The van der Waals surface area contributed by atoms with E-state index in [4.69, 9.17) is 5.11 Å². The number of anilines is 2. The molecule has 0 saturated heterocycles. The quantitative estimate of drug-likeness (QED) is 0.791. The molecule has 1 unspecified atom stereocenters. The van der Waals surface area contributed by atoms with E-state index in [1.165, 1.54) is 12.1 Å². The summed E-state index contributed by atoms with van der Waals surface area (Å²) in [6, 6.07) is 14.2. The molecule has 5 nitrogen and oxygen atoms in total.